The molecule has 0 radical (unpaired) electrons. The Balaban J connectivity index is 0.000000542. The van der Waals surface area contributed by atoms with E-state index >= 15 is 0 Å². The molecule has 3 rings (SSSR count). The van der Waals surface area contributed by atoms with Crippen LogP contribution in [0.3, 0.4) is 0 Å². The Morgan fingerprint density at radius 2 is 1.93 bits per heavy atom. The van der Waals surface area contributed by atoms with Gasteiger partial charge in [0, 0.05) is 16.7 Å². The Labute approximate surface area is 154 Å². The lowest BCUT2D eigenvalue weighted by Gasteiger charge is -2.18. The number of furan rings is 1. The summed E-state index contributed by atoms with van der Waals surface area (Å²) in [6.07, 6.45) is 3.85. The molecule has 146 valence electrons. The quantitative estimate of drug-likeness (QED) is 0.334. The number of amidine groups is 1. The number of nitrogens with two attached hydrogens (primary N) is 1. The SMILES string of the molecule is CS(=O)(=O)O.N=C(N)C1=Cc2ccc(-c3ccoc3C(=O)O)cc2OC1.O. The summed E-state index contributed by atoms with van der Waals surface area (Å²) in [5, 5.41) is 16.5. The summed E-state index contributed by atoms with van der Waals surface area (Å²) in [6.45, 7) is 0.225. The third-order valence-electron chi connectivity index (χ3n) is 3.24. The molecule has 0 saturated carbocycles. The molecule has 1 aliphatic heterocycles. The highest BCUT2D eigenvalue weighted by molar-refractivity contribution is 7.85. The number of carbonyl (C=O) groups is 1. The zero-order chi connectivity index (χ0) is 19.5. The predicted octanol–water partition coefficient (Wildman–Crippen LogP) is 1.04. The number of fused-ring (bicyclic) bond motifs is 1. The van der Waals surface area contributed by atoms with Gasteiger partial charge >= 0.3 is 5.97 Å². The zero-order valence-corrected chi connectivity index (χ0v) is 14.9. The van der Waals surface area contributed by atoms with Gasteiger partial charge in [0.25, 0.3) is 10.1 Å². The number of carboxylic acid groups (broad SMARTS) is 1. The Hall–Kier alpha value is -3.15. The van der Waals surface area contributed by atoms with Crippen molar-refractivity contribution in [2.24, 2.45) is 5.73 Å². The maximum atomic E-state index is 11.1. The van der Waals surface area contributed by atoms with Crippen LogP contribution >= 0.6 is 0 Å². The Bertz CT molecular complexity index is 984. The minimum Gasteiger partial charge on any atom is -0.488 e. The first-order chi connectivity index (χ1) is 12.1. The van der Waals surface area contributed by atoms with E-state index in [9.17, 15) is 13.2 Å². The second kappa shape index (κ2) is 8.49. The molecule has 27 heavy (non-hydrogen) atoms. The van der Waals surface area contributed by atoms with Crippen LogP contribution in [0.4, 0.5) is 0 Å². The summed E-state index contributed by atoms with van der Waals surface area (Å²) in [6, 6.07) is 6.93. The monoisotopic (exact) mass is 398 g/mol. The molecule has 0 fully saturated rings. The molecule has 11 heteroatoms. The van der Waals surface area contributed by atoms with Crippen LogP contribution in [0.2, 0.25) is 0 Å². The smallest absolute Gasteiger partial charge is 0.372 e. The number of carboxylic acids is 1. The van der Waals surface area contributed by atoms with Crippen molar-refractivity contribution < 1.29 is 37.5 Å². The van der Waals surface area contributed by atoms with Crippen molar-refractivity contribution in [2.45, 2.75) is 0 Å². The third-order valence-corrected chi connectivity index (χ3v) is 3.24. The van der Waals surface area contributed by atoms with Crippen LogP contribution in [0.25, 0.3) is 17.2 Å². The highest BCUT2D eigenvalue weighted by Crippen LogP contribution is 2.33. The summed E-state index contributed by atoms with van der Waals surface area (Å²) in [5.74, 6) is -0.624. The molecule has 2 heterocycles. The van der Waals surface area contributed by atoms with E-state index in [1.807, 2.05) is 0 Å². The van der Waals surface area contributed by atoms with E-state index in [1.165, 1.54) is 6.26 Å². The molecule has 0 saturated heterocycles. The van der Waals surface area contributed by atoms with Gasteiger partial charge in [-0.1, -0.05) is 12.1 Å². The number of nitrogens with one attached hydrogen (secondary N) is 1. The van der Waals surface area contributed by atoms with Gasteiger partial charge in [0.15, 0.2) is 0 Å². The fourth-order valence-electron chi connectivity index (χ4n) is 2.19. The predicted molar refractivity (Wildman–Crippen MR) is 97.6 cm³/mol. The van der Waals surface area contributed by atoms with E-state index in [2.05, 4.69) is 0 Å². The molecule has 7 N–H and O–H groups in total. The minimum absolute atomic E-state index is 0. The molecule has 0 aliphatic carbocycles. The molecule has 2 aromatic rings. The van der Waals surface area contributed by atoms with E-state index in [0.29, 0.717) is 28.7 Å². The summed E-state index contributed by atoms with van der Waals surface area (Å²) in [5.41, 5.74) is 8.05. The Kier molecular flexibility index (Phi) is 6.88. The van der Waals surface area contributed by atoms with Gasteiger partial charge in [-0.2, -0.15) is 8.42 Å². The van der Waals surface area contributed by atoms with Gasteiger partial charge in [0.1, 0.15) is 18.2 Å². The molecular formula is C16H18N2O8S. The van der Waals surface area contributed by atoms with Crippen molar-refractivity contribution in [3.05, 3.63) is 47.4 Å². The third kappa shape index (κ3) is 5.95. The van der Waals surface area contributed by atoms with Gasteiger partial charge in [-0.05, 0) is 23.8 Å². The van der Waals surface area contributed by atoms with Crippen LogP contribution in [0.1, 0.15) is 16.1 Å². The standard InChI is InChI=1S/C15H12N2O4.CH4O3S.H2O/c16-14(17)10-5-9-2-1-8(6-12(9)21-7-10)11-3-4-20-13(11)15(18)19;1-5(2,3)4;/h1-6H,7H2,(H3,16,17)(H,18,19);1H3,(H,2,3,4);1H2. The molecule has 0 atom stereocenters. The van der Waals surface area contributed by atoms with Crippen LogP contribution in [0, 0.1) is 5.41 Å². The topological polar surface area (TPSA) is 195 Å². The van der Waals surface area contributed by atoms with E-state index in [1.54, 1.807) is 30.3 Å². The number of rotatable bonds is 3. The number of ether oxygens (including phenoxy) is 1. The Morgan fingerprint density at radius 1 is 1.30 bits per heavy atom. The van der Waals surface area contributed by atoms with E-state index in [-0.39, 0.29) is 23.7 Å². The van der Waals surface area contributed by atoms with Crippen LogP contribution in [-0.4, -0.2) is 48.2 Å². The first-order valence-corrected chi connectivity index (χ1v) is 8.96. The Morgan fingerprint density at radius 3 is 2.48 bits per heavy atom. The summed E-state index contributed by atoms with van der Waals surface area (Å²) in [4.78, 5) is 11.1. The summed E-state index contributed by atoms with van der Waals surface area (Å²) >= 11 is 0. The average Bonchev–Trinajstić information content (AvgIpc) is 3.02. The maximum absolute atomic E-state index is 11.1. The molecular weight excluding hydrogens is 380 g/mol. The van der Waals surface area contributed by atoms with Crippen LogP contribution in [-0.2, 0) is 10.1 Å². The van der Waals surface area contributed by atoms with Crippen LogP contribution < -0.4 is 10.5 Å². The van der Waals surface area contributed by atoms with Crippen molar-refractivity contribution in [3.8, 4) is 16.9 Å². The second-order valence-corrected chi connectivity index (χ2v) is 6.79. The largest absolute Gasteiger partial charge is 0.488 e. The van der Waals surface area contributed by atoms with Crippen molar-refractivity contribution >= 4 is 28.0 Å². The number of hydrogen-bond donors (Lipinski definition) is 4. The number of hydrogen-bond acceptors (Lipinski definition) is 6. The fraction of sp³-hybridized carbons (Fsp3) is 0.125. The van der Waals surface area contributed by atoms with Crippen molar-refractivity contribution in [3.63, 3.8) is 0 Å². The lowest BCUT2D eigenvalue weighted by atomic mass is 10.0. The fourth-order valence-corrected chi connectivity index (χ4v) is 2.19. The van der Waals surface area contributed by atoms with Gasteiger partial charge in [-0.3, -0.25) is 9.96 Å². The van der Waals surface area contributed by atoms with Gasteiger partial charge in [0.05, 0.1) is 12.5 Å². The highest BCUT2D eigenvalue weighted by atomic mass is 32.2. The second-order valence-electron chi connectivity index (χ2n) is 5.33. The van der Waals surface area contributed by atoms with Gasteiger partial charge in [-0.25, -0.2) is 4.79 Å². The van der Waals surface area contributed by atoms with Gasteiger partial charge < -0.3 is 25.5 Å². The van der Waals surface area contributed by atoms with Crippen LogP contribution in [0.5, 0.6) is 5.75 Å². The number of aromatic carboxylic acids is 1. The lowest BCUT2D eigenvalue weighted by Crippen LogP contribution is -2.20. The summed E-state index contributed by atoms with van der Waals surface area (Å²) in [7, 11) is -3.67. The first-order valence-electron chi connectivity index (χ1n) is 7.11. The van der Waals surface area contributed by atoms with Crippen molar-refractivity contribution in [1.82, 2.24) is 0 Å². The molecule has 10 nitrogen and oxygen atoms in total. The molecule has 0 bridgehead atoms. The molecule has 0 unspecified atom stereocenters. The molecule has 0 spiro atoms. The maximum Gasteiger partial charge on any atom is 0.372 e. The normalized spacial score (nSPS) is 12.3. The van der Waals surface area contributed by atoms with Gasteiger partial charge in [0.2, 0.25) is 5.76 Å². The lowest BCUT2D eigenvalue weighted by molar-refractivity contribution is 0.0663. The first kappa shape index (κ1) is 21.9. The molecule has 0 amide bonds. The van der Waals surface area contributed by atoms with Gasteiger partial charge in [-0.15, -0.1) is 0 Å². The zero-order valence-electron chi connectivity index (χ0n) is 14.1. The molecule has 1 aliphatic rings. The number of benzene rings is 1. The highest BCUT2D eigenvalue weighted by Gasteiger charge is 2.18. The van der Waals surface area contributed by atoms with Crippen molar-refractivity contribution in [1.29, 1.82) is 5.41 Å². The van der Waals surface area contributed by atoms with E-state index in [4.69, 9.17) is 30.0 Å². The van der Waals surface area contributed by atoms with E-state index < -0.39 is 16.1 Å². The van der Waals surface area contributed by atoms with Crippen molar-refractivity contribution in [2.75, 3.05) is 12.9 Å². The molecule has 1 aromatic carbocycles. The average molecular weight is 398 g/mol. The minimum atomic E-state index is -3.67. The molecule has 1 aromatic heterocycles. The summed E-state index contributed by atoms with van der Waals surface area (Å²) < 4.78 is 36.4. The van der Waals surface area contributed by atoms with Crippen LogP contribution in [0.15, 0.2) is 40.5 Å². The van der Waals surface area contributed by atoms with E-state index in [0.717, 1.165) is 5.56 Å².